The highest BCUT2D eigenvalue weighted by atomic mass is 35.5. The maximum absolute atomic E-state index is 5.92. The van der Waals surface area contributed by atoms with Gasteiger partial charge in [-0.2, -0.15) is 0 Å². The Labute approximate surface area is 111 Å². The number of benzene rings is 1. The summed E-state index contributed by atoms with van der Waals surface area (Å²) in [6, 6.07) is 9.21. The van der Waals surface area contributed by atoms with Crippen molar-refractivity contribution in [2.75, 3.05) is 17.7 Å². The molecule has 94 valence electrons. The topological polar surface area (TPSA) is 60.2 Å². The van der Waals surface area contributed by atoms with E-state index in [0.717, 1.165) is 11.4 Å². The molecule has 0 bridgehead atoms. The molecule has 5 heteroatoms. The highest BCUT2D eigenvalue weighted by Crippen LogP contribution is 2.27. The Balaban J connectivity index is 2.16. The summed E-state index contributed by atoms with van der Waals surface area (Å²) in [5.41, 5.74) is 7.14. The first-order chi connectivity index (χ1) is 8.70. The first kappa shape index (κ1) is 12.5. The summed E-state index contributed by atoms with van der Waals surface area (Å²) in [5.74, 6) is 1.38. The van der Waals surface area contributed by atoms with Crippen molar-refractivity contribution in [3.05, 3.63) is 41.6 Å². The van der Waals surface area contributed by atoms with Gasteiger partial charge in [-0.05, 0) is 37.3 Å². The number of ether oxygens (including phenoxy) is 1. The van der Waals surface area contributed by atoms with Crippen LogP contribution in [0.4, 0.5) is 17.2 Å². The van der Waals surface area contributed by atoms with Crippen molar-refractivity contribution >= 4 is 28.8 Å². The number of nitrogens with two attached hydrogens (primary N) is 1. The number of halogens is 1. The molecule has 0 fully saturated rings. The van der Waals surface area contributed by atoms with Gasteiger partial charge in [-0.25, -0.2) is 4.98 Å². The second-order valence-corrected chi connectivity index (χ2v) is 4.04. The lowest BCUT2D eigenvalue weighted by Crippen LogP contribution is -1.99. The van der Waals surface area contributed by atoms with Gasteiger partial charge in [-0.3, -0.25) is 0 Å². The number of aromatic nitrogens is 1. The fraction of sp³-hybridized carbons (Fsp3) is 0.154. The summed E-state index contributed by atoms with van der Waals surface area (Å²) in [6.07, 6.45) is 1.61. The lowest BCUT2D eigenvalue weighted by Gasteiger charge is -2.09. The number of nitrogens with one attached hydrogen (secondary N) is 1. The summed E-state index contributed by atoms with van der Waals surface area (Å²) >= 11 is 5.92. The monoisotopic (exact) mass is 263 g/mol. The Morgan fingerprint density at radius 2 is 2.00 bits per heavy atom. The molecule has 18 heavy (non-hydrogen) atoms. The number of rotatable bonds is 4. The van der Waals surface area contributed by atoms with Crippen LogP contribution >= 0.6 is 11.6 Å². The molecule has 0 aliphatic rings. The maximum Gasteiger partial charge on any atom is 0.155 e. The molecule has 4 nitrogen and oxygen atoms in total. The van der Waals surface area contributed by atoms with Crippen LogP contribution in [0.1, 0.15) is 6.92 Å². The van der Waals surface area contributed by atoms with Gasteiger partial charge in [0.05, 0.1) is 17.3 Å². The van der Waals surface area contributed by atoms with Gasteiger partial charge < -0.3 is 15.8 Å². The van der Waals surface area contributed by atoms with Gasteiger partial charge in [0, 0.05) is 11.9 Å². The van der Waals surface area contributed by atoms with Crippen molar-refractivity contribution in [2.45, 2.75) is 6.92 Å². The van der Waals surface area contributed by atoms with Crippen molar-refractivity contribution in [3.8, 4) is 5.75 Å². The molecule has 0 aliphatic heterocycles. The van der Waals surface area contributed by atoms with Crippen LogP contribution in [0.25, 0.3) is 0 Å². The fourth-order valence-corrected chi connectivity index (χ4v) is 1.63. The molecule has 3 N–H and O–H groups in total. The Bertz CT molecular complexity index is 528. The summed E-state index contributed by atoms with van der Waals surface area (Å²) in [5, 5.41) is 3.59. The molecule has 1 heterocycles. The maximum atomic E-state index is 5.92. The van der Waals surface area contributed by atoms with Crippen LogP contribution in [0.15, 0.2) is 36.5 Å². The van der Waals surface area contributed by atoms with E-state index < -0.39 is 0 Å². The number of pyridine rings is 1. The van der Waals surface area contributed by atoms with Crippen LogP contribution in [0.3, 0.4) is 0 Å². The van der Waals surface area contributed by atoms with Gasteiger partial charge >= 0.3 is 0 Å². The van der Waals surface area contributed by atoms with Crippen molar-refractivity contribution in [3.63, 3.8) is 0 Å². The van der Waals surface area contributed by atoms with E-state index in [0.29, 0.717) is 23.1 Å². The molecule has 0 amide bonds. The molecular formula is C13H14ClN3O. The second-order valence-electron chi connectivity index (χ2n) is 3.64. The van der Waals surface area contributed by atoms with Crippen LogP contribution < -0.4 is 15.8 Å². The molecular weight excluding hydrogens is 250 g/mol. The van der Waals surface area contributed by atoms with Crippen molar-refractivity contribution in [1.29, 1.82) is 0 Å². The minimum absolute atomic E-state index is 0.438. The molecule has 0 aliphatic carbocycles. The third kappa shape index (κ3) is 2.84. The summed E-state index contributed by atoms with van der Waals surface area (Å²) in [7, 11) is 0. The zero-order valence-electron chi connectivity index (χ0n) is 9.98. The Morgan fingerprint density at radius 1 is 1.28 bits per heavy atom. The van der Waals surface area contributed by atoms with E-state index >= 15 is 0 Å². The standard InChI is InChI=1S/C13H14ClN3O/c1-2-18-10-5-3-9(4-6-10)17-13-12(15)11(14)7-8-16-13/h3-8H,2,15H2,1H3,(H,16,17). The summed E-state index contributed by atoms with van der Waals surface area (Å²) in [6.45, 7) is 2.60. The van der Waals surface area contributed by atoms with Crippen LogP contribution in [0.5, 0.6) is 5.75 Å². The lowest BCUT2D eigenvalue weighted by molar-refractivity contribution is 0.340. The molecule has 2 aromatic rings. The van der Waals surface area contributed by atoms with Crippen LogP contribution in [0, 0.1) is 0 Å². The van der Waals surface area contributed by atoms with E-state index in [-0.39, 0.29) is 0 Å². The fourth-order valence-electron chi connectivity index (χ4n) is 1.49. The van der Waals surface area contributed by atoms with E-state index in [1.165, 1.54) is 0 Å². The van der Waals surface area contributed by atoms with Gasteiger partial charge in [0.2, 0.25) is 0 Å². The summed E-state index contributed by atoms with van der Waals surface area (Å²) < 4.78 is 5.36. The molecule has 0 atom stereocenters. The first-order valence-corrected chi connectivity index (χ1v) is 5.98. The number of nitrogen functional groups attached to an aromatic ring is 1. The SMILES string of the molecule is CCOc1ccc(Nc2nccc(Cl)c2N)cc1. The molecule has 1 aromatic carbocycles. The molecule has 0 saturated heterocycles. The minimum atomic E-state index is 0.438. The van der Waals surface area contributed by atoms with E-state index in [1.54, 1.807) is 12.3 Å². The van der Waals surface area contributed by atoms with Gasteiger partial charge in [0.25, 0.3) is 0 Å². The van der Waals surface area contributed by atoms with Crippen LogP contribution in [-0.4, -0.2) is 11.6 Å². The number of hydrogen-bond acceptors (Lipinski definition) is 4. The molecule has 0 spiro atoms. The first-order valence-electron chi connectivity index (χ1n) is 5.60. The zero-order chi connectivity index (χ0) is 13.0. The highest BCUT2D eigenvalue weighted by molar-refractivity contribution is 6.33. The average molecular weight is 264 g/mol. The van der Waals surface area contributed by atoms with Crippen molar-refractivity contribution in [2.24, 2.45) is 0 Å². The quantitative estimate of drug-likeness (QED) is 0.887. The summed E-state index contributed by atoms with van der Waals surface area (Å²) in [4.78, 5) is 4.14. The van der Waals surface area contributed by atoms with Gasteiger partial charge in [-0.15, -0.1) is 0 Å². The van der Waals surface area contributed by atoms with Crippen molar-refractivity contribution in [1.82, 2.24) is 4.98 Å². The molecule has 0 radical (unpaired) electrons. The second kappa shape index (κ2) is 5.60. The van der Waals surface area contributed by atoms with Gasteiger partial charge in [0.15, 0.2) is 5.82 Å². The van der Waals surface area contributed by atoms with E-state index in [2.05, 4.69) is 10.3 Å². The Morgan fingerprint density at radius 3 is 2.67 bits per heavy atom. The smallest absolute Gasteiger partial charge is 0.155 e. The van der Waals surface area contributed by atoms with Gasteiger partial charge in [0.1, 0.15) is 5.75 Å². The van der Waals surface area contributed by atoms with E-state index in [9.17, 15) is 0 Å². The number of hydrogen-bond donors (Lipinski definition) is 2. The molecule has 1 aromatic heterocycles. The van der Waals surface area contributed by atoms with Crippen molar-refractivity contribution < 1.29 is 4.74 Å². The van der Waals surface area contributed by atoms with E-state index in [1.807, 2.05) is 31.2 Å². The Hall–Kier alpha value is -1.94. The minimum Gasteiger partial charge on any atom is -0.494 e. The largest absolute Gasteiger partial charge is 0.494 e. The predicted molar refractivity (Wildman–Crippen MR) is 74.6 cm³/mol. The van der Waals surface area contributed by atoms with E-state index in [4.69, 9.17) is 22.1 Å². The Kier molecular flexibility index (Phi) is 3.89. The van der Waals surface area contributed by atoms with Crippen LogP contribution in [0.2, 0.25) is 5.02 Å². The third-order valence-corrected chi connectivity index (χ3v) is 2.69. The lowest BCUT2D eigenvalue weighted by atomic mass is 10.3. The zero-order valence-corrected chi connectivity index (χ0v) is 10.7. The molecule has 2 rings (SSSR count). The average Bonchev–Trinajstić information content (AvgIpc) is 2.38. The van der Waals surface area contributed by atoms with Gasteiger partial charge in [-0.1, -0.05) is 11.6 Å². The normalized spacial score (nSPS) is 10.1. The molecule has 0 saturated carbocycles. The third-order valence-electron chi connectivity index (χ3n) is 2.36. The molecule has 0 unspecified atom stereocenters. The highest BCUT2D eigenvalue weighted by Gasteiger charge is 2.04. The number of nitrogens with zero attached hydrogens (tertiary/aromatic N) is 1. The number of anilines is 3. The predicted octanol–water partition coefficient (Wildman–Crippen LogP) is 3.46. The van der Waals surface area contributed by atoms with Crippen LogP contribution in [-0.2, 0) is 0 Å².